The molecule has 1 aliphatic rings. The van der Waals surface area contributed by atoms with Crippen molar-refractivity contribution in [2.45, 2.75) is 11.4 Å². The second kappa shape index (κ2) is 7.60. The first-order valence-electron chi connectivity index (χ1n) is 8.96. The number of carbonyl (C=O) groups excluding carboxylic acids is 2. The summed E-state index contributed by atoms with van der Waals surface area (Å²) in [7, 11) is -2.31. The predicted octanol–water partition coefficient (Wildman–Crippen LogP) is 2.69. The van der Waals surface area contributed by atoms with E-state index >= 15 is 0 Å². The number of anilines is 1. The average Bonchev–Trinajstić information content (AvgIpc) is 2.99. The molecule has 2 heterocycles. The number of aromatic nitrogens is 1. The third-order valence-corrected chi connectivity index (χ3v) is 6.02. The van der Waals surface area contributed by atoms with Crippen molar-refractivity contribution in [3.63, 3.8) is 0 Å². The molecule has 3 aromatic rings. The van der Waals surface area contributed by atoms with Crippen molar-refractivity contribution < 1.29 is 22.7 Å². The van der Waals surface area contributed by atoms with Crippen LogP contribution in [0.3, 0.4) is 0 Å². The fourth-order valence-electron chi connectivity index (χ4n) is 3.11. The summed E-state index contributed by atoms with van der Waals surface area (Å²) in [6.45, 7) is 0.0255. The lowest BCUT2D eigenvalue weighted by Gasteiger charge is -2.14. The van der Waals surface area contributed by atoms with Gasteiger partial charge >= 0.3 is 0 Å². The number of ether oxygens (including phenoxy) is 1. The van der Waals surface area contributed by atoms with E-state index in [1.807, 2.05) is 0 Å². The van der Waals surface area contributed by atoms with Crippen LogP contribution in [-0.4, -0.2) is 37.2 Å². The third kappa shape index (κ3) is 3.62. The molecule has 0 unspecified atom stereocenters. The highest BCUT2D eigenvalue weighted by molar-refractivity contribution is 7.92. The summed E-state index contributed by atoms with van der Waals surface area (Å²) < 4.78 is 32.9. The van der Waals surface area contributed by atoms with E-state index in [0.29, 0.717) is 17.0 Å². The van der Waals surface area contributed by atoms with Gasteiger partial charge in [-0.2, -0.15) is 0 Å². The van der Waals surface area contributed by atoms with Crippen molar-refractivity contribution in [3.05, 3.63) is 83.7 Å². The summed E-state index contributed by atoms with van der Waals surface area (Å²) >= 11 is 0. The fourth-order valence-corrected chi connectivity index (χ4v) is 4.16. The molecule has 1 aliphatic heterocycles. The quantitative estimate of drug-likeness (QED) is 0.611. The zero-order chi connectivity index (χ0) is 21.3. The van der Waals surface area contributed by atoms with Gasteiger partial charge in [-0.3, -0.25) is 24.2 Å². The van der Waals surface area contributed by atoms with E-state index in [9.17, 15) is 18.0 Å². The van der Waals surface area contributed by atoms with Crippen molar-refractivity contribution in [2.75, 3.05) is 11.8 Å². The summed E-state index contributed by atoms with van der Waals surface area (Å²) in [6, 6.07) is 15.7. The number of fused-ring (bicyclic) bond motifs is 1. The summed E-state index contributed by atoms with van der Waals surface area (Å²) in [4.78, 5) is 30.0. The number of rotatable bonds is 6. The molecule has 0 saturated carbocycles. The molecule has 0 atom stereocenters. The Morgan fingerprint density at radius 1 is 1.00 bits per heavy atom. The monoisotopic (exact) mass is 423 g/mol. The number of hydrogen-bond acceptors (Lipinski definition) is 6. The van der Waals surface area contributed by atoms with Crippen LogP contribution in [0, 0.1) is 0 Å². The van der Waals surface area contributed by atoms with Gasteiger partial charge in [0.2, 0.25) is 0 Å². The Balaban J connectivity index is 1.50. The Morgan fingerprint density at radius 2 is 1.77 bits per heavy atom. The minimum absolute atomic E-state index is 0.0255. The van der Waals surface area contributed by atoms with E-state index in [-0.39, 0.29) is 22.7 Å². The summed E-state index contributed by atoms with van der Waals surface area (Å²) in [5.41, 5.74) is 1.38. The lowest BCUT2D eigenvalue weighted by Crippen LogP contribution is -2.29. The SMILES string of the molecule is COc1cccc(NS(=O)(=O)c2ccc(CN3C(=O)c4cccnc4C3=O)cc2)c1. The first-order valence-corrected chi connectivity index (χ1v) is 10.4. The molecule has 1 N–H and O–H groups in total. The van der Waals surface area contributed by atoms with E-state index in [4.69, 9.17) is 4.74 Å². The van der Waals surface area contributed by atoms with Gasteiger partial charge in [0.1, 0.15) is 11.4 Å². The molecule has 9 heteroatoms. The molecule has 30 heavy (non-hydrogen) atoms. The van der Waals surface area contributed by atoms with Gasteiger partial charge in [0.25, 0.3) is 21.8 Å². The predicted molar refractivity (Wildman–Crippen MR) is 109 cm³/mol. The summed E-state index contributed by atoms with van der Waals surface area (Å²) in [5, 5.41) is 0. The van der Waals surface area contributed by atoms with Crippen LogP contribution in [-0.2, 0) is 16.6 Å². The number of amides is 2. The Kier molecular flexibility index (Phi) is 4.96. The number of sulfonamides is 1. The van der Waals surface area contributed by atoms with Gasteiger partial charge in [0.05, 0.1) is 29.8 Å². The van der Waals surface area contributed by atoms with Gasteiger partial charge in [0, 0.05) is 12.3 Å². The number of hydrogen-bond donors (Lipinski definition) is 1. The van der Waals surface area contributed by atoms with Crippen LogP contribution in [0.25, 0.3) is 0 Å². The van der Waals surface area contributed by atoms with Crippen molar-refractivity contribution in [1.29, 1.82) is 0 Å². The first-order chi connectivity index (χ1) is 14.4. The molecular formula is C21H17N3O5S. The fraction of sp³-hybridized carbons (Fsp3) is 0.0952. The molecule has 0 aliphatic carbocycles. The molecule has 0 fully saturated rings. The van der Waals surface area contributed by atoms with Gasteiger partial charge in [-0.15, -0.1) is 0 Å². The number of imide groups is 1. The van der Waals surface area contributed by atoms with Crippen LogP contribution in [0.15, 0.2) is 71.8 Å². The second-order valence-electron chi connectivity index (χ2n) is 6.58. The van der Waals surface area contributed by atoms with Gasteiger partial charge < -0.3 is 4.74 Å². The average molecular weight is 423 g/mol. The van der Waals surface area contributed by atoms with Crippen LogP contribution in [0.5, 0.6) is 5.75 Å². The van der Waals surface area contributed by atoms with Crippen molar-refractivity contribution >= 4 is 27.5 Å². The molecule has 152 valence electrons. The molecular weight excluding hydrogens is 406 g/mol. The molecule has 0 spiro atoms. The van der Waals surface area contributed by atoms with E-state index in [1.165, 1.54) is 25.4 Å². The highest BCUT2D eigenvalue weighted by Crippen LogP contribution is 2.24. The maximum Gasteiger partial charge on any atom is 0.280 e. The van der Waals surface area contributed by atoms with Crippen LogP contribution < -0.4 is 9.46 Å². The van der Waals surface area contributed by atoms with Crippen molar-refractivity contribution in [2.24, 2.45) is 0 Å². The lowest BCUT2D eigenvalue weighted by atomic mass is 10.2. The molecule has 8 nitrogen and oxygen atoms in total. The van der Waals surface area contributed by atoms with Crippen molar-refractivity contribution in [1.82, 2.24) is 9.88 Å². The first kappa shape index (κ1) is 19.6. The molecule has 0 radical (unpaired) electrons. The van der Waals surface area contributed by atoms with Crippen molar-refractivity contribution in [3.8, 4) is 5.75 Å². The lowest BCUT2D eigenvalue weighted by molar-refractivity contribution is 0.0640. The minimum atomic E-state index is -3.81. The third-order valence-electron chi connectivity index (χ3n) is 4.63. The van der Waals surface area contributed by atoms with Gasteiger partial charge in [-0.1, -0.05) is 18.2 Å². The molecule has 0 saturated heterocycles. The molecule has 2 aromatic carbocycles. The van der Waals surface area contributed by atoms with Crippen LogP contribution >= 0.6 is 0 Å². The number of pyridine rings is 1. The minimum Gasteiger partial charge on any atom is -0.497 e. The van der Waals surface area contributed by atoms with Gasteiger partial charge in [-0.05, 0) is 42.0 Å². The van der Waals surface area contributed by atoms with Crippen LogP contribution in [0.1, 0.15) is 26.4 Å². The zero-order valence-electron chi connectivity index (χ0n) is 15.9. The molecule has 2 amide bonds. The standard InChI is InChI=1S/C21H17N3O5S/c1-29-16-5-2-4-15(12-16)23-30(27,28)17-9-7-14(8-10-17)13-24-20(25)18-6-3-11-22-19(18)21(24)26/h2-12,23H,13H2,1H3. The van der Waals surface area contributed by atoms with Gasteiger partial charge in [0.15, 0.2) is 0 Å². The molecule has 0 bridgehead atoms. The maximum atomic E-state index is 12.6. The largest absolute Gasteiger partial charge is 0.497 e. The highest BCUT2D eigenvalue weighted by Gasteiger charge is 2.36. The number of benzene rings is 2. The summed E-state index contributed by atoms with van der Waals surface area (Å²) in [5.74, 6) is -0.354. The van der Waals surface area contributed by atoms with E-state index in [1.54, 1.807) is 48.5 Å². The number of carbonyl (C=O) groups is 2. The van der Waals surface area contributed by atoms with E-state index < -0.39 is 21.8 Å². The summed E-state index contributed by atoms with van der Waals surface area (Å²) in [6.07, 6.45) is 1.46. The Labute approximate surface area is 173 Å². The zero-order valence-corrected chi connectivity index (χ0v) is 16.7. The van der Waals surface area contributed by atoms with Gasteiger partial charge in [-0.25, -0.2) is 8.42 Å². The Bertz CT molecular complexity index is 1200. The second-order valence-corrected chi connectivity index (χ2v) is 8.26. The number of nitrogens with zero attached hydrogens (tertiary/aromatic N) is 2. The Morgan fingerprint density at radius 3 is 2.47 bits per heavy atom. The normalized spacial score (nSPS) is 13.3. The molecule has 4 rings (SSSR count). The Hall–Kier alpha value is -3.72. The van der Waals surface area contributed by atoms with E-state index in [2.05, 4.69) is 9.71 Å². The maximum absolute atomic E-state index is 12.6. The number of methoxy groups -OCH3 is 1. The topological polar surface area (TPSA) is 106 Å². The molecule has 1 aromatic heterocycles. The van der Waals surface area contributed by atoms with E-state index in [0.717, 1.165) is 4.90 Å². The van der Waals surface area contributed by atoms with Crippen LogP contribution in [0.4, 0.5) is 5.69 Å². The number of nitrogens with one attached hydrogen (secondary N) is 1. The smallest absolute Gasteiger partial charge is 0.280 e. The highest BCUT2D eigenvalue weighted by atomic mass is 32.2. The van der Waals surface area contributed by atoms with Crippen LogP contribution in [0.2, 0.25) is 0 Å².